The number of hydrogen-bond acceptors (Lipinski definition) is 7. The summed E-state index contributed by atoms with van der Waals surface area (Å²) in [5, 5.41) is 12.5. The summed E-state index contributed by atoms with van der Waals surface area (Å²) in [5.74, 6) is -1.03. The number of amides is 1. The normalized spacial score (nSPS) is 13.0. The summed E-state index contributed by atoms with van der Waals surface area (Å²) in [6, 6.07) is 2.08. The minimum atomic E-state index is -0.992. The number of carbonyl (C=O) groups excluding carboxylic acids is 2. The molecular weight excluding hydrogens is 352 g/mol. The van der Waals surface area contributed by atoms with Crippen molar-refractivity contribution in [2.45, 2.75) is 58.2 Å². The lowest BCUT2D eigenvalue weighted by atomic mass is 9.90. The van der Waals surface area contributed by atoms with E-state index in [-0.39, 0.29) is 12.3 Å². The third-order valence-electron chi connectivity index (χ3n) is 4.31. The molecular formula is C18H26N4O3S. The molecule has 8 heteroatoms. The highest BCUT2D eigenvalue weighted by atomic mass is 32.2. The third-order valence-corrected chi connectivity index (χ3v) is 4.86. The average molecular weight is 378 g/mol. The molecule has 0 radical (unpaired) electrons. The molecule has 1 atom stereocenters. The Hall–Kier alpha value is -2.14. The van der Waals surface area contributed by atoms with E-state index in [1.54, 1.807) is 6.92 Å². The van der Waals surface area contributed by atoms with E-state index in [9.17, 15) is 14.9 Å². The van der Waals surface area contributed by atoms with Crippen LogP contribution in [0.25, 0.3) is 0 Å². The second-order valence-corrected chi connectivity index (χ2v) is 7.31. The summed E-state index contributed by atoms with van der Waals surface area (Å²) >= 11 is 1.47. The highest BCUT2D eigenvalue weighted by Gasteiger charge is 2.30. The largest absolute Gasteiger partial charge is 0.456 e. The molecule has 7 nitrogen and oxygen atoms in total. The Labute approximate surface area is 158 Å². The zero-order chi connectivity index (χ0) is 19.9. The number of carbonyl (C=O) groups is 2. The molecule has 0 spiro atoms. The van der Waals surface area contributed by atoms with Gasteiger partial charge in [0, 0.05) is 17.8 Å². The summed E-state index contributed by atoms with van der Waals surface area (Å²) in [4.78, 5) is 32.6. The Morgan fingerprint density at radius 3 is 2.35 bits per heavy atom. The number of nitrogens with zero attached hydrogens (tertiary/aromatic N) is 3. The van der Waals surface area contributed by atoms with E-state index in [1.165, 1.54) is 11.8 Å². The minimum absolute atomic E-state index is 0.0673. The standard InChI is InChI=1S/C18H26N4O3S/c1-11(2)18(5,10-19)22-15(23)9-25-16(24)8-7-14-12(3)20-17(26-6)21-13(14)4/h11H,7-9H2,1-6H3,(H,22,23)/t18-/m1/s1. The number of thioether (sulfide) groups is 1. The van der Waals surface area contributed by atoms with E-state index in [0.717, 1.165) is 17.0 Å². The first-order valence-electron chi connectivity index (χ1n) is 8.39. The number of ether oxygens (including phenoxy) is 1. The molecule has 0 aromatic carbocycles. The number of nitriles is 1. The lowest BCUT2D eigenvalue weighted by Crippen LogP contribution is -2.50. The number of nitrogens with one attached hydrogen (secondary N) is 1. The summed E-state index contributed by atoms with van der Waals surface area (Å²) in [5.41, 5.74) is 1.61. The molecule has 0 aliphatic carbocycles. The second kappa shape index (κ2) is 9.53. The first-order valence-corrected chi connectivity index (χ1v) is 9.61. The lowest BCUT2D eigenvalue weighted by molar-refractivity contribution is -0.149. The Bertz CT molecular complexity index is 692. The topological polar surface area (TPSA) is 105 Å². The number of rotatable bonds is 8. The monoisotopic (exact) mass is 378 g/mol. The SMILES string of the molecule is CSc1nc(C)c(CCC(=O)OCC(=O)N[C@](C)(C#N)C(C)C)c(C)n1. The Balaban J connectivity index is 2.54. The van der Waals surface area contributed by atoms with Gasteiger partial charge in [0.05, 0.1) is 6.07 Å². The molecule has 1 aromatic heterocycles. The van der Waals surface area contributed by atoms with Crippen LogP contribution >= 0.6 is 11.8 Å². The van der Waals surface area contributed by atoms with Crippen LogP contribution < -0.4 is 5.32 Å². The van der Waals surface area contributed by atoms with Crippen LogP contribution in [0.4, 0.5) is 0 Å². The molecule has 0 aliphatic heterocycles. The molecule has 26 heavy (non-hydrogen) atoms. The van der Waals surface area contributed by atoms with Gasteiger partial charge in [0.15, 0.2) is 11.8 Å². The van der Waals surface area contributed by atoms with Crippen LogP contribution in [0, 0.1) is 31.1 Å². The molecule has 1 aromatic rings. The third kappa shape index (κ3) is 5.99. The van der Waals surface area contributed by atoms with Crippen molar-refractivity contribution in [3.05, 3.63) is 17.0 Å². The number of aryl methyl sites for hydroxylation is 2. The van der Waals surface area contributed by atoms with Gasteiger partial charge in [0.2, 0.25) is 0 Å². The predicted molar refractivity (Wildman–Crippen MR) is 99.6 cm³/mol. The summed E-state index contributed by atoms with van der Waals surface area (Å²) < 4.78 is 5.01. The van der Waals surface area contributed by atoms with Crippen molar-refractivity contribution < 1.29 is 14.3 Å². The van der Waals surface area contributed by atoms with Crippen molar-refractivity contribution in [2.75, 3.05) is 12.9 Å². The number of aromatic nitrogens is 2. The van der Waals surface area contributed by atoms with Crippen LogP contribution in [0.15, 0.2) is 5.16 Å². The molecule has 0 aliphatic rings. The fraction of sp³-hybridized carbons (Fsp3) is 0.611. The maximum atomic E-state index is 11.9. The summed E-state index contributed by atoms with van der Waals surface area (Å²) in [6.45, 7) is 8.69. The highest BCUT2D eigenvalue weighted by Crippen LogP contribution is 2.17. The van der Waals surface area contributed by atoms with Gasteiger partial charge >= 0.3 is 5.97 Å². The second-order valence-electron chi connectivity index (χ2n) is 6.54. The van der Waals surface area contributed by atoms with Gasteiger partial charge < -0.3 is 10.1 Å². The number of esters is 1. The predicted octanol–water partition coefficient (Wildman–Crippen LogP) is 2.35. The number of hydrogen-bond donors (Lipinski definition) is 1. The fourth-order valence-corrected chi connectivity index (χ4v) is 2.69. The summed E-state index contributed by atoms with van der Waals surface area (Å²) in [6.07, 6.45) is 2.50. The van der Waals surface area contributed by atoms with Crippen molar-refractivity contribution in [1.29, 1.82) is 5.26 Å². The molecule has 0 saturated carbocycles. The first-order chi connectivity index (χ1) is 12.1. The summed E-state index contributed by atoms with van der Waals surface area (Å²) in [7, 11) is 0. The Kier molecular flexibility index (Phi) is 8.03. The van der Waals surface area contributed by atoms with Crippen LogP contribution in [0.1, 0.15) is 44.1 Å². The van der Waals surface area contributed by atoms with Crippen LogP contribution in [0.5, 0.6) is 0 Å². The van der Waals surface area contributed by atoms with Gasteiger partial charge in [0.1, 0.15) is 5.54 Å². The molecule has 0 bridgehead atoms. The van der Waals surface area contributed by atoms with E-state index in [1.807, 2.05) is 34.0 Å². The average Bonchev–Trinajstić information content (AvgIpc) is 2.58. The van der Waals surface area contributed by atoms with Gasteiger partial charge in [0.25, 0.3) is 5.91 Å². The van der Waals surface area contributed by atoms with Crippen molar-refractivity contribution in [3.8, 4) is 6.07 Å². The quantitative estimate of drug-likeness (QED) is 0.420. The lowest BCUT2D eigenvalue weighted by Gasteiger charge is -2.27. The molecule has 0 fully saturated rings. The Morgan fingerprint density at radius 1 is 1.31 bits per heavy atom. The van der Waals surface area contributed by atoms with E-state index < -0.39 is 24.0 Å². The molecule has 1 amide bonds. The van der Waals surface area contributed by atoms with Crippen molar-refractivity contribution in [1.82, 2.24) is 15.3 Å². The molecule has 1 heterocycles. The maximum absolute atomic E-state index is 11.9. The van der Waals surface area contributed by atoms with Gasteiger partial charge in [-0.3, -0.25) is 9.59 Å². The van der Waals surface area contributed by atoms with Crippen LogP contribution in [0.3, 0.4) is 0 Å². The van der Waals surface area contributed by atoms with Crippen LogP contribution in [0.2, 0.25) is 0 Å². The molecule has 1 N–H and O–H groups in total. The highest BCUT2D eigenvalue weighted by molar-refractivity contribution is 7.98. The smallest absolute Gasteiger partial charge is 0.306 e. The fourth-order valence-electron chi connectivity index (χ4n) is 2.23. The van der Waals surface area contributed by atoms with Gasteiger partial charge in [-0.05, 0) is 44.9 Å². The van der Waals surface area contributed by atoms with Gasteiger partial charge in [-0.1, -0.05) is 25.6 Å². The Morgan fingerprint density at radius 2 is 1.88 bits per heavy atom. The van der Waals surface area contributed by atoms with Crippen LogP contribution in [-0.4, -0.2) is 40.2 Å². The van der Waals surface area contributed by atoms with Gasteiger partial charge in [-0.25, -0.2) is 9.97 Å². The van der Waals surface area contributed by atoms with E-state index in [0.29, 0.717) is 11.6 Å². The minimum Gasteiger partial charge on any atom is -0.456 e. The zero-order valence-corrected chi connectivity index (χ0v) is 17.0. The van der Waals surface area contributed by atoms with Gasteiger partial charge in [-0.15, -0.1) is 0 Å². The van der Waals surface area contributed by atoms with E-state index >= 15 is 0 Å². The maximum Gasteiger partial charge on any atom is 0.306 e. The van der Waals surface area contributed by atoms with Gasteiger partial charge in [-0.2, -0.15) is 5.26 Å². The molecule has 1 rings (SSSR count). The van der Waals surface area contributed by atoms with Crippen molar-refractivity contribution in [2.24, 2.45) is 5.92 Å². The van der Waals surface area contributed by atoms with Crippen LogP contribution in [-0.2, 0) is 20.7 Å². The van der Waals surface area contributed by atoms with Crippen molar-refractivity contribution in [3.63, 3.8) is 0 Å². The van der Waals surface area contributed by atoms with E-state index in [2.05, 4.69) is 21.4 Å². The molecule has 0 saturated heterocycles. The zero-order valence-electron chi connectivity index (χ0n) is 16.2. The molecule has 142 valence electrons. The molecule has 0 unspecified atom stereocenters. The van der Waals surface area contributed by atoms with Crippen molar-refractivity contribution >= 4 is 23.6 Å². The first kappa shape index (κ1) is 21.9. The van der Waals surface area contributed by atoms with E-state index in [4.69, 9.17) is 4.74 Å².